The van der Waals surface area contributed by atoms with Crippen molar-refractivity contribution in [2.24, 2.45) is 5.73 Å². The summed E-state index contributed by atoms with van der Waals surface area (Å²) in [5, 5.41) is 2.79. The summed E-state index contributed by atoms with van der Waals surface area (Å²) in [4.78, 5) is 26.2. The summed E-state index contributed by atoms with van der Waals surface area (Å²) in [5.74, 6) is -0.304. The van der Waals surface area contributed by atoms with Crippen molar-refractivity contribution in [2.45, 2.75) is 31.8 Å². The van der Waals surface area contributed by atoms with E-state index in [9.17, 15) is 9.59 Å². The quantitative estimate of drug-likeness (QED) is 0.848. The lowest BCUT2D eigenvalue weighted by atomic mass is 9.90. The van der Waals surface area contributed by atoms with Crippen LogP contribution < -0.4 is 11.1 Å². The third-order valence-electron chi connectivity index (χ3n) is 3.80. The Labute approximate surface area is 119 Å². The zero-order chi connectivity index (χ0) is 14.8. The molecule has 2 rings (SSSR count). The monoisotopic (exact) mass is 275 g/mol. The second kappa shape index (κ2) is 5.63. The van der Waals surface area contributed by atoms with Gasteiger partial charge in [-0.1, -0.05) is 37.3 Å². The predicted octanol–water partition coefficient (Wildman–Crippen LogP) is 0.598. The summed E-state index contributed by atoms with van der Waals surface area (Å²) in [5.41, 5.74) is 5.89. The molecule has 0 saturated carbocycles. The average molecular weight is 275 g/mol. The molecule has 1 aromatic carbocycles. The van der Waals surface area contributed by atoms with Crippen LogP contribution in [0.5, 0.6) is 0 Å². The first-order chi connectivity index (χ1) is 9.48. The van der Waals surface area contributed by atoms with Gasteiger partial charge >= 0.3 is 0 Å². The summed E-state index contributed by atoms with van der Waals surface area (Å²) < 4.78 is 0. The second-order valence-electron chi connectivity index (χ2n) is 5.28. The van der Waals surface area contributed by atoms with Crippen molar-refractivity contribution in [2.75, 3.05) is 13.1 Å². The Hall–Kier alpha value is -1.88. The molecule has 108 valence electrons. The van der Waals surface area contributed by atoms with Gasteiger partial charge in [0.15, 0.2) is 0 Å². The third-order valence-corrected chi connectivity index (χ3v) is 3.80. The Morgan fingerprint density at radius 1 is 1.45 bits per heavy atom. The van der Waals surface area contributed by atoms with Crippen LogP contribution in [0.25, 0.3) is 0 Å². The van der Waals surface area contributed by atoms with Crippen LogP contribution in [0, 0.1) is 0 Å². The summed E-state index contributed by atoms with van der Waals surface area (Å²) in [6.07, 6.45) is 0.586. The maximum atomic E-state index is 12.8. The van der Waals surface area contributed by atoms with Crippen LogP contribution >= 0.6 is 0 Å². The fourth-order valence-corrected chi connectivity index (χ4v) is 2.57. The van der Waals surface area contributed by atoms with Gasteiger partial charge in [0.05, 0.1) is 0 Å². The summed E-state index contributed by atoms with van der Waals surface area (Å²) in [6, 6.07) is 8.84. The Bertz CT molecular complexity index is 499. The summed E-state index contributed by atoms with van der Waals surface area (Å²) >= 11 is 0. The minimum Gasteiger partial charge on any atom is -0.353 e. The highest BCUT2D eigenvalue weighted by atomic mass is 16.2. The zero-order valence-electron chi connectivity index (χ0n) is 11.9. The molecule has 2 amide bonds. The zero-order valence-corrected chi connectivity index (χ0v) is 11.9. The van der Waals surface area contributed by atoms with Crippen molar-refractivity contribution < 1.29 is 9.59 Å². The highest BCUT2D eigenvalue weighted by molar-refractivity contribution is 5.93. The Morgan fingerprint density at radius 2 is 2.10 bits per heavy atom. The van der Waals surface area contributed by atoms with E-state index in [2.05, 4.69) is 5.32 Å². The lowest BCUT2D eigenvalue weighted by Gasteiger charge is -2.39. The average Bonchev–Trinajstić information content (AvgIpc) is 2.47. The highest BCUT2D eigenvalue weighted by Crippen LogP contribution is 2.23. The normalized spacial score (nSPS) is 22.1. The Kier molecular flexibility index (Phi) is 4.09. The number of nitrogens with zero attached hydrogens (tertiary/aromatic N) is 1. The minimum atomic E-state index is -1.12. The number of rotatable bonds is 3. The van der Waals surface area contributed by atoms with E-state index in [0.717, 1.165) is 5.56 Å². The molecule has 5 heteroatoms. The van der Waals surface area contributed by atoms with Gasteiger partial charge in [-0.25, -0.2) is 0 Å². The van der Waals surface area contributed by atoms with Crippen LogP contribution in [-0.4, -0.2) is 35.8 Å². The Balaban J connectivity index is 2.27. The Morgan fingerprint density at radius 3 is 2.70 bits per heavy atom. The van der Waals surface area contributed by atoms with Crippen molar-refractivity contribution in [3.8, 4) is 0 Å². The largest absolute Gasteiger partial charge is 0.353 e. The molecule has 0 aliphatic carbocycles. The standard InChI is InChI=1S/C15H21N3O2/c1-3-12-13(19)17-9-10-18(12)14(20)15(2,16)11-7-5-4-6-8-11/h4-8,12H,3,9-10,16H2,1-2H3,(H,17,19). The number of hydrogen-bond acceptors (Lipinski definition) is 3. The smallest absolute Gasteiger partial charge is 0.247 e. The first-order valence-corrected chi connectivity index (χ1v) is 6.91. The van der Waals surface area contributed by atoms with Crippen LogP contribution in [0.2, 0.25) is 0 Å². The molecule has 0 spiro atoms. The molecule has 1 aromatic rings. The van der Waals surface area contributed by atoms with Gasteiger partial charge in [-0.15, -0.1) is 0 Å². The number of carbonyl (C=O) groups excluding carboxylic acids is 2. The lowest BCUT2D eigenvalue weighted by Crippen LogP contribution is -2.62. The van der Waals surface area contributed by atoms with Gasteiger partial charge in [0, 0.05) is 13.1 Å². The molecular formula is C15H21N3O2. The highest BCUT2D eigenvalue weighted by Gasteiger charge is 2.40. The van der Waals surface area contributed by atoms with E-state index in [1.54, 1.807) is 11.8 Å². The number of nitrogens with one attached hydrogen (secondary N) is 1. The number of hydrogen-bond donors (Lipinski definition) is 2. The van der Waals surface area contributed by atoms with E-state index in [4.69, 9.17) is 5.73 Å². The van der Waals surface area contributed by atoms with Crippen LogP contribution in [0.4, 0.5) is 0 Å². The number of nitrogens with two attached hydrogens (primary N) is 1. The van der Waals surface area contributed by atoms with Gasteiger partial charge in [0.25, 0.3) is 0 Å². The van der Waals surface area contributed by atoms with Crippen LogP contribution in [-0.2, 0) is 15.1 Å². The van der Waals surface area contributed by atoms with E-state index >= 15 is 0 Å². The number of carbonyl (C=O) groups is 2. The van der Waals surface area contributed by atoms with Gasteiger partial charge in [-0.2, -0.15) is 0 Å². The fraction of sp³-hybridized carbons (Fsp3) is 0.467. The first-order valence-electron chi connectivity index (χ1n) is 6.91. The van der Waals surface area contributed by atoms with Crippen molar-refractivity contribution in [3.05, 3.63) is 35.9 Å². The predicted molar refractivity (Wildman–Crippen MR) is 76.8 cm³/mol. The molecule has 2 atom stereocenters. The molecule has 20 heavy (non-hydrogen) atoms. The van der Waals surface area contributed by atoms with Gasteiger partial charge in [-0.3, -0.25) is 9.59 Å². The molecule has 5 nitrogen and oxygen atoms in total. The first kappa shape index (κ1) is 14.5. The van der Waals surface area contributed by atoms with E-state index in [1.165, 1.54) is 0 Å². The van der Waals surface area contributed by atoms with Gasteiger partial charge in [-0.05, 0) is 18.9 Å². The van der Waals surface area contributed by atoms with Crippen molar-refractivity contribution >= 4 is 11.8 Å². The molecule has 0 radical (unpaired) electrons. The lowest BCUT2D eigenvalue weighted by molar-refractivity contribution is -0.147. The topological polar surface area (TPSA) is 75.4 Å². The number of amides is 2. The number of benzene rings is 1. The molecule has 1 aliphatic heterocycles. The fourth-order valence-electron chi connectivity index (χ4n) is 2.57. The third kappa shape index (κ3) is 2.54. The maximum absolute atomic E-state index is 12.8. The van der Waals surface area contributed by atoms with Crippen molar-refractivity contribution in [1.29, 1.82) is 0 Å². The molecular weight excluding hydrogens is 254 g/mol. The van der Waals surface area contributed by atoms with E-state index in [0.29, 0.717) is 19.5 Å². The molecule has 1 saturated heterocycles. The molecule has 1 aliphatic rings. The second-order valence-corrected chi connectivity index (χ2v) is 5.28. The number of piperazine rings is 1. The molecule has 3 N–H and O–H groups in total. The molecule has 1 heterocycles. The van der Waals surface area contributed by atoms with E-state index in [1.807, 2.05) is 37.3 Å². The van der Waals surface area contributed by atoms with E-state index in [-0.39, 0.29) is 11.8 Å². The van der Waals surface area contributed by atoms with Gasteiger partial charge in [0.1, 0.15) is 11.6 Å². The summed E-state index contributed by atoms with van der Waals surface area (Å²) in [7, 11) is 0. The minimum absolute atomic E-state index is 0.101. The SMILES string of the molecule is CCC1C(=O)NCCN1C(=O)C(C)(N)c1ccccc1. The maximum Gasteiger partial charge on any atom is 0.247 e. The van der Waals surface area contributed by atoms with Crippen molar-refractivity contribution in [3.63, 3.8) is 0 Å². The molecule has 2 unspecified atom stereocenters. The van der Waals surface area contributed by atoms with Gasteiger partial charge in [0.2, 0.25) is 11.8 Å². The summed E-state index contributed by atoms with van der Waals surface area (Å²) in [6.45, 7) is 4.57. The van der Waals surface area contributed by atoms with Crippen LogP contribution in [0.15, 0.2) is 30.3 Å². The molecule has 0 bridgehead atoms. The molecule has 0 aromatic heterocycles. The van der Waals surface area contributed by atoms with E-state index < -0.39 is 11.6 Å². The van der Waals surface area contributed by atoms with Crippen LogP contribution in [0.3, 0.4) is 0 Å². The van der Waals surface area contributed by atoms with Crippen LogP contribution in [0.1, 0.15) is 25.8 Å². The molecule has 1 fully saturated rings. The van der Waals surface area contributed by atoms with Gasteiger partial charge < -0.3 is 16.0 Å². The van der Waals surface area contributed by atoms with Crippen molar-refractivity contribution in [1.82, 2.24) is 10.2 Å².